The van der Waals surface area contributed by atoms with Crippen LogP contribution in [0.5, 0.6) is 0 Å². The van der Waals surface area contributed by atoms with Gasteiger partial charge in [0, 0.05) is 7.05 Å². The summed E-state index contributed by atoms with van der Waals surface area (Å²) in [6.45, 7) is 0. The van der Waals surface area contributed by atoms with Crippen molar-refractivity contribution < 1.29 is 0 Å². The van der Waals surface area contributed by atoms with E-state index in [1.165, 1.54) is 19.3 Å². The van der Waals surface area contributed by atoms with Crippen molar-refractivity contribution in [3.05, 3.63) is 16.9 Å². The molecule has 1 aromatic rings. The van der Waals surface area contributed by atoms with E-state index >= 15 is 0 Å². The SMILES string of the molecule is CNC(c1c(Cl)cnn1C)C1CCC1. The Balaban J connectivity index is 2.25. The predicted octanol–water partition coefficient (Wildman–Crippen LogP) is 2.13. The molecule has 3 nitrogen and oxygen atoms in total. The van der Waals surface area contributed by atoms with Crippen molar-refractivity contribution in [2.75, 3.05) is 7.05 Å². The summed E-state index contributed by atoms with van der Waals surface area (Å²) in [4.78, 5) is 0. The predicted molar refractivity (Wildman–Crippen MR) is 57.4 cm³/mol. The standard InChI is InChI=1S/C10H16ClN3/c1-12-9(7-4-3-5-7)10-8(11)6-13-14(10)2/h6-7,9,12H,3-5H2,1-2H3. The molecule has 0 amide bonds. The van der Waals surface area contributed by atoms with Crippen LogP contribution in [0, 0.1) is 5.92 Å². The molecule has 14 heavy (non-hydrogen) atoms. The van der Waals surface area contributed by atoms with Crippen LogP contribution >= 0.6 is 11.6 Å². The van der Waals surface area contributed by atoms with Crippen LogP contribution in [-0.2, 0) is 7.05 Å². The quantitative estimate of drug-likeness (QED) is 0.834. The van der Waals surface area contributed by atoms with Crippen molar-refractivity contribution >= 4 is 11.6 Å². The van der Waals surface area contributed by atoms with Crippen molar-refractivity contribution in [3.8, 4) is 0 Å². The van der Waals surface area contributed by atoms with Gasteiger partial charge in [-0.15, -0.1) is 0 Å². The van der Waals surface area contributed by atoms with Gasteiger partial charge in [-0.3, -0.25) is 4.68 Å². The Labute approximate surface area is 89.4 Å². The zero-order chi connectivity index (χ0) is 10.1. The van der Waals surface area contributed by atoms with Gasteiger partial charge in [0.1, 0.15) is 0 Å². The average Bonchev–Trinajstić information content (AvgIpc) is 2.40. The Morgan fingerprint density at radius 2 is 2.36 bits per heavy atom. The van der Waals surface area contributed by atoms with Gasteiger partial charge >= 0.3 is 0 Å². The zero-order valence-corrected chi connectivity index (χ0v) is 9.38. The Hall–Kier alpha value is -0.540. The smallest absolute Gasteiger partial charge is 0.0834 e. The molecular weight excluding hydrogens is 198 g/mol. The first kappa shape index (κ1) is 9.99. The fraction of sp³-hybridized carbons (Fsp3) is 0.700. The van der Waals surface area contributed by atoms with E-state index in [1.54, 1.807) is 6.20 Å². The number of nitrogens with zero attached hydrogens (tertiary/aromatic N) is 2. The molecule has 0 aromatic carbocycles. The van der Waals surface area contributed by atoms with E-state index in [-0.39, 0.29) is 0 Å². The monoisotopic (exact) mass is 213 g/mol. The molecule has 0 bridgehead atoms. The fourth-order valence-corrected chi connectivity index (χ4v) is 2.42. The first-order valence-corrected chi connectivity index (χ1v) is 5.46. The average molecular weight is 214 g/mol. The summed E-state index contributed by atoms with van der Waals surface area (Å²) in [5, 5.41) is 8.29. The normalized spacial score (nSPS) is 19.4. The molecule has 0 aliphatic heterocycles. The Morgan fingerprint density at radius 1 is 1.64 bits per heavy atom. The van der Waals surface area contributed by atoms with Crippen molar-refractivity contribution in [2.45, 2.75) is 25.3 Å². The molecule has 4 heteroatoms. The fourth-order valence-electron chi connectivity index (χ4n) is 2.14. The third-order valence-corrected chi connectivity index (χ3v) is 3.46. The van der Waals surface area contributed by atoms with E-state index in [4.69, 9.17) is 11.6 Å². The maximum absolute atomic E-state index is 6.12. The largest absolute Gasteiger partial charge is 0.311 e. The number of aryl methyl sites for hydroxylation is 1. The van der Waals surface area contributed by atoms with Gasteiger partial charge in [0.25, 0.3) is 0 Å². The van der Waals surface area contributed by atoms with Crippen LogP contribution in [0.3, 0.4) is 0 Å². The van der Waals surface area contributed by atoms with E-state index in [9.17, 15) is 0 Å². The van der Waals surface area contributed by atoms with Crippen molar-refractivity contribution in [1.29, 1.82) is 0 Å². The molecule has 1 N–H and O–H groups in total. The molecule has 0 saturated heterocycles. The van der Waals surface area contributed by atoms with E-state index in [0.29, 0.717) is 6.04 Å². The molecule has 1 unspecified atom stereocenters. The van der Waals surface area contributed by atoms with E-state index in [2.05, 4.69) is 10.4 Å². The number of hydrogen-bond donors (Lipinski definition) is 1. The molecule has 1 saturated carbocycles. The van der Waals surface area contributed by atoms with Crippen LogP contribution in [0.4, 0.5) is 0 Å². The summed E-state index contributed by atoms with van der Waals surface area (Å²) in [5.74, 6) is 0.730. The van der Waals surface area contributed by atoms with E-state index < -0.39 is 0 Å². The van der Waals surface area contributed by atoms with Gasteiger partial charge in [0.15, 0.2) is 0 Å². The number of aromatic nitrogens is 2. The summed E-state index contributed by atoms with van der Waals surface area (Å²) in [6, 6.07) is 0.365. The Morgan fingerprint density at radius 3 is 2.71 bits per heavy atom. The second-order valence-electron chi connectivity index (χ2n) is 3.96. The summed E-state index contributed by atoms with van der Waals surface area (Å²) >= 11 is 6.12. The first-order valence-electron chi connectivity index (χ1n) is 5.08. The highest BCUT2D eigenvalue weighted by Crippen LogP contribution is 2.39. The maximum atomic E-state index is 6.12. The molecule has 1 aliphatic carbocycles. The summed E-state index contributed by atoms with van der Waals surface area (Å²) in [5.41, 5.74) is 1.12. The van der Waals surface area contributed by atoms with Crippen molar-refractivity contribution in [3.63, 3.8) is 0 Å². The molecule has 2 rings (SSSR count). The minimum Gasteiger partial charge on any atom is -0.311 e. The van der Waals surface area contributed by atoms with Crippen molar-refractivity contribution in [2.24, 2.45) is 13.0 Å². The lowest BCUT2D eigenvalue weighted by atomic mass is 9.78. The summed E-state index contributed by atoms with van der Waals surface area (Å²) in [7, 11) is 3.94. The van der Waals surface area contributed by atoms with Crippen LogP contribution in [-0.4, -0.2) is 16.8 Å². The van der Waals surface area contributed by atoms with Gasteiger partial charge in [-0.2, -0.15) is 5.10 Å². The highest BCUT2D eigenvalue weighted by Gasteiger charge is 2.30. The van der Waals surface area contributed by atoms with Crippen LogP contribution in [0.25, 0.3) is 0 Å². The topological polar surface area (TPSA) is 29.9 Å². The van der Waals surface area contributed by atoms with Gasteiger partial charge in [-0.05, 0) is 25.8 Å². The molecule has 1 aromatic heterocycles. The number of halogens is 1. The summed E-state index contributed by atoms with van der Waals surface area (Å²) in [6.07, 6.45) is 5.66. The third-order valence-electron chi connectivity index (χ3n) is 3.16. The number of hydrogen-bond acceptors (Lipinski definition) is 2. The van der Waals surface area contributed by atoms with Crippen LogP contribution in [0.2, 0.25) is 5.02 Å². The van der Waals surface area contributed by atoms with E-state index in [1.807, 2.05) is 18.8 Å². The Bertz CT molecular complexity index is 298. The second-order valence-corrected chi connectivity index (χ2v) is 4.37. The lowest BCUT2D eigenvalue weighted by Crippen LogP contribution is -2.31. The van der Waals surface area contributed by atoms with Gasteiger partial charge in [0.05, 0.1) is 23.0 Å². The minimum absolute atomic E-state index is 0.365. The first-order chi connectivity index (χ1) is 6.74. The minimum atomic E-state index is 0.365. The zero-order valence-electron chi connectivity index (χ0n) is 8.63. The summed E-state index contributed by atoms with van der Waals surface area (Å²) < 4.78 is 1.88. The number of rotatable bonds is 3. The van der Waals surface area contributed by atoms with E-state index in [0.717, 1.165) is 16.6 Å². The second kappa shape index (κ2) is 3.91. The van der Waals surface area contributed by atoms with Crippen LogP contribution < -0.4 is 5.32 Å². The van der Waals surface area contributed by atoms with Gasteiger partial charge < -0.3 is 5.32 Å². The van der Waals surface area contributed by atoms with Gasteiger partial charge in [-0.1, -0.05) is 18.0 Å². The molecule has 78 valence electrons. The molecule has 1 aliphatic rings. The molecule has 0 radical (unpaired) electrons. The molecule has 1 heterocycles. The molecule has 1 atom stereocenters. The molecular formula is C10H16ClN3. The third kappa shape index (κ3) is 1.55. The Kier molecular flexibility index (Phi) is 2.79. The van der Waals surface area contributed by atoms with Crippen LogP contribution in [0.15, 0.2) is 6.20 Å². The lowest BCUT2D eigenvalue weighted by molar-refractivity contribution is 0.232. The highest BCUT2D eigenvalue weighted by atomic mass is 35.5. The van der Waals surface area contributed by atoms with Gasteiger partial charge in [0.2, 0.25) is 0 Å². The number of nitrogens with one attached hydrogen (secondary N) is 1. The lowest BCUT2D eigenvalue weighted by Gasteiger charge is -2.33. The van der Waals surface area contributed by atoms with Crippen LogP contribution in [0.1, 0.15) is 31.0 Å². The van der Waals surface area contributed by atoms with Gasteiger partial charge in [-0.25, -0.2) is 0 Å². The highest BCUT2D eigenvalue weighted by molar-refractivity contribution is 6.31. The molecule has 1 fully saturated rings. The molecule has 0 spiro atoms. The maximum Gasteiger partial charge on any atom is 0.0834 e. The van der Waals surface area contributed by atoms with Crippen molar-refractivity contribution in [1.82, 2.24) is 15.1 Å².